The summed E-state index contributed by atoms with van der Waals surface area (Å²) in [7, 11) is -3.95. The van der Waals surface area contributed by atoms with Gasteiger partial charge in [-0.1, -0.05) is 84.5 Å². The third-order valence-corrected chi connectivity index (χ3v) is 19.6. The molecule has 0 N–H and O–H groups in total. The lowest BCUT2D eigenvalue weighted by atomic mass is 9.85. The quantitative estimate of drug-likeness (QED) is 0.196. The molecule has 230 valence electrons. The number of hydrogen-bond acceptors (Lipinski definition) is 6. The number of aromatic nitrogens is 1. The highest BCUT2D eigenvalue weighted by molar-refractivity contribution is 6.74. The zero-order chi connectivity index (χ0) is 29.5. The monoisotopic (exact) mass is 620 g/mol. The van der Waals surface area contributed by atoms with Crippen LogP contribution in [0, 0.1) is 0 Å². The van der Waals surface area contributed by atoms with Crippen molar-refractivity contribution in [2.75, 3.05) is 31.2 Å². The molecule has 1 aromatic carbocycles. The van der Waals surface area contributed by atoms with Crippen LogP contribution in [0.4, 0.5) is 5.88 Å². The SMILES string of the molecule is CC[Si](CC)(CC)OC(c1ccc(Cl)cc1)c1nc(C2(O[Si](CC)(CC)CC)CCCCC2)oc1N1CCOCC1. The lowest BCUT2D eigenvalue weighted by molar-refractivity contribution is -0.00972. The van der Waals surface area contributed by atoms with E-state index in [1.54, 1.807) is 0 Å². The lowest BCUT2D eigenvalue weighted by Gasteiger charge is -2.42. The molecule has 2 aromatic rings. The molecule has 2 fully saturated rings. The second kappa shape index (κ2) is 14.5. The molecule has 0 amide bonds. The van der Waals surface area contributed by atoms with Crippen molar-refractivity contribution in [3.05, 3.63) is 46.4 Å². The molecular formula is C32H53ClN2O4Si2. The Kier molecular flexibility index (Phi) is 11.6. The molecule has 9 heteroatoms. The van der Waals surface area contributed by atoms with E-state index in [0.717, 1.165) is 103 Å². The Labute approximate surface area is 255 Å². The van der Waals surface area contributed by atoms with Gasteiger partial charge < -0.3 is 22.9 Å². The van der Waals surface area contributed by atoms with Crippen LogP contribution in [0.1, 0.15) is 96.9 Å². The first-order chi connectivity index (χ1) is 19.8. The number of nitrogens with zero attached hydrogens (tertiary/aromatic N) is 2. The molecule has 6 nitrogen and oxygen atoms in total. The minimum atomic E-state index is -2.02. The van der Waals surface area contributed by atoms with Crippen molar-refractivity contribution in [2.45, 2.75) is 122 Å². The van der Waals surface area contributed by atoms with Gasteiger partial charge >= 0.3 is 0 Å². The van der Waals surface area contributed by atoms with Crippen molar-refractivity contribution >= 4 is 34.1 Å². The number of anilines is 1. The first-order valence-corrected chi connectivity index (χ1v) is 21.7. The predicted molar refractivity (Wildman–Crippen MR) is 174 cm³/mol. The topological polar surface area (TPSA) is 57.0 Å². The van der Waals surface area contributed by atoms with Crippen molar-refractivity contribution in [1.29, 1.82) is 0 Å². The van der Waals surface area contributed by atoms with Gasteiger partial charge in [0.15, 0.2) is 16.6 Å². The molecule has 1 aliphatic carbocycles. The van der Waals surface area contributed by atoms with Crippen molar-refractivity contribution in [2.24, 2.45) is 0 Å². The summed E-state index contributed by atoms with van der Waals surface area (Å²) >= 11 is 6.36. The van der Waals surface area contributed by atoms with Crippen molar-refractivity contribution in [3.63, 3.8) is 0 Å². The summed E-state index contributed by atoms with van der Waals surface area (Å²) in [5, 5.41) is 0.723. The largest absolute Gasteiger partial charge is 0.422 e. The second-order valence-corrected chi connectivity index (χ2v) is 21.9. The smallest absolute Gasteiger partial charge is 0.228 e. The molecule has 1 unspecified atom stereocenters. The molecule has 41 heavy (non-hydrogen) atoms. The molecule has 1 aromatic heterocycles. The van der Waals surface area contributed by atoms with Crippen LogP contribution in [0.15, 0.2) is 28.7 Å². The predicted octanol–water partition coefficient (Wildman–Crippen LogP) is 9.46. The van der Waals surface area contributed by atoms with Crippen LogP contribution in [0.2, 0.25) is 41.3 Å². The van der Waals surface area contributed by atoms with Gasteiger partial charge in [-0.15, -0.1) is 0 Å². The molecule has 4 rings (SSSR count). The summed E-state index contributed by atoms with van der Waals surface area (Å²) in [6, 6.07) is 14.6. The molecule has 0 bridgehead atoms. The molecular weight excluding hydrogens is 568 g/mol. The van der Waals surface area contributed by atoms with E-state index in [1.165, 1.54) is 6.42 Å². The Morgan fingerprint density at radius 1 is 0.854 bits per heavy atom. The summed E-state index contributed by atoms with van der Waals surface area (Å²) < 4.78 is 27.4. The van der Waals surface area contributed by atoms with Crippen LogP contribution in [0.25, 0.3) is 0 Å². The van der Waals surface area contributed by atoms with E-state index >= 15 is 0 Å². The Hall–Kier alpha value is -1.17. The van der Waals surface area contributed by atoms with Crippen LogP contribution in [0.3, 0.4) is 0 Å². The summed E-state index contributed by atoms with van der Waals surface area (Å²) in [6.07, 6.45) is 5.13. The fraction of sp³-hybridized carbons (Fsp3) is 0.719. The van der Waals surface area contributed by atoms with Gasteiger partial charge in [0.25, 0.3) is 0 Å². The summed E-state index contributed by atoms with van der Waals surface area (Å²) in [5.41, 5.74) is 1.50. The zero-order valence-corrected chi connectivity index (χ0v) is 29.2. The minimum Gasteiger partial charge on any atom is -0.422 e. The first kappa shape index (κ1) is 32.7. The molecule has 2 heterocycles. The van der Waals surface area contributed by atoms with Gasteiger partial charge in [0.1, 0.15) is 17.4 Å². The second-order valence-electron chi connectivity index (χ2n) is 12.0. The molecule has 2 aliphatic rings. The highest BCUT2D eigenvalue weighted by Gasteiger charge is 2.48. The Bertz CT molecular complexity index is 1060. The third-order valence-electron chi connectivity index (χ3n) is 10.1. The van der Waals surface area contributed by atoms with Gasteiger partial charge in [-0.2, -0.15) is 0 Å². The maximum absolute atomic E-state index is 7.41. The van der Waals surface area contributed by atoms with Crippen LogP contribution < -0.4 is 4.90 Å². The summed E-state index contributed by atoms with van der Waals surface area (Å²) in [5.74, 6) is 1.60. The summed E-state index contributed by atoms with van der Waals surface area (Å²) in [6.45, 7) is 16.7. The molecule has 1 aliphatic heterocycles. The number of morpholine rings is 1. The number of benzene rings is 1. The number of ether oxygens (including phenoxy) is 1. The van der Waals surface area contributed by atoms with E-state index < -0.39 is 22.2 Å². The van der Waals surface area contributed by atoms with Crippen LogP contribution in [-0.2, 0) is 19.2 Å². The van der Waals surface area contributed by atoms with Crippen molar-refractivity contribution in [1.82, 2.24) is 4.98 Å². The molecule has 1 saturated carbocycles. The number of oxazole rings is 1. The van der Waals surface area contributed by atoms with Gasteiger partial charge in [-0.05, 0) is 66.8 Å². The van der Waals surface area contributed by atoms with Crippen LogP contribution in [-0.4, -0.2) is 47.9 Å². The van der Waals surface area contributed by atoms with Crippen molar-refractivity contribution in [3.8, 4) is 0 Å². The van der Waals surface area contributed by atoms with Crippen molar-refractivity contribution < 1.29 is 18.0 Å². The Balaban J connectivity index is 1.90. The number of hydrogen-bond donors (Lipinski definition) is 0. The molecule has 1 saturated heterocycles. The van der Waals surface area contributed by atoms with Gasteiger partial charge in [-0.3, -0.25) is 0 Å². The van der Waals surface area contributed by atoms with E-state index in [2.05, 4.69) is 58.6 Å². The standard InChI is InChI=1S/C32H53ClN2O4Si2/c1-7-40(8-2,9-3)38-29(26-16-18-27(33)19-17-26)28-30(35-22-24-36-25-23-35)37-31(34-28)32(20-14-13-15-21-32)39-41(10-4,11-5)12-6/h16-19,29H,7-15,20-25H2,1-6H3. The molecule has 0 radical (unpaired) electrons. The van der Waals surface area contributed by atoms with E-state index in [4.69, 9.17) is 34.6 Å². The Morgan fingerprint density at radius 3 is 1.95 bits per heavy atom. The normalized spacial score (nSPS) is 19.0. The highest BCUT2D eigenvalue weighted by atomic mass is 35.5. The molecule has 1 atom stereocenters. The fourth-order valence-electron chi connectivity index (χ4n) is 6.72. The zero-order valence-electron chi connectivity index (χ0n) is 26.4. The highest BCUT2D eigenvalue weighted by Crippen LogP contribution is 2.48. The van der Waals surface area contributed by atoms with Crippen LogP contribution in [0.5, 0.6) is 0 Å². The number of halogens is 1. The summed E-state index contributed by atoms with van der Waals surface area (Å²) in [4.78, 5) is 7.78. The van der Waals surface area contributed by atoms with E-state index in [9.17, 15) is 0 Å². The fourth-order valence-corrected chi connectivity index (χ4v) is 12.6. The minimum absolute atomic E-state index is 0.319. The van der Waals surface area contributed by atoms with Gasteiger partial charge in [-0.25, -0.2) is 4.98 Å². The van der Waals surface area contributed by atoms with Gasteiger partial charge in [0, 0.05) is 18.1 Å². The average Bonchev–Trinajstić information content (AvgIpc) is 3.49. The third kappa shape index (κ3) is 7.15. The number of rotatable bonds is 14. The average molecular weight is 621 g/mol. The first-order valence-electron chi connectivity index (χ1n) is 16.3. The van der Waals surface area contributed by atoms with Gasteiger partial charge in [0.2, 0.25) is 11.8 Å². The molecule has 0 spiro atoms. The maximum Gasteiger partial charge on any atom is 0.228 e. The Morgan fingerprint density at radius 2 is 1.41 bits per heavy atom. The van der Waals surface area contributed by atoms with E-state index in [0.29, 0.717) is 13.2 Å². The van der Waals surface area contributed by atoms with Gasteiger partial charge in [0.05, 0.1) is 13.2 Å². The van der Waals surface area contributed by atoms with E-state index in [-0.39, 0.29) is 6.10 Å². The maximum atomic E-state index is 7.41. The van der Waals surface area contributed by atoms with Crippen LogP contribution >= 0.6 is 11.6 Å². The van der Waals surface area contributed by atoms with E-state index in [1.807, 2.05) is 12.1 Å². The lowest BCUT2D eigenvalue weighted by Crippen LogP contribution is -2.47.